The first-order chi connectivity index (χ1) is 8.36. The lowest BCUT2D eigenvalue weighted by Crippen LogP contribution is -2.45. The van der Waals surface area contributed by atoms with Crippen molar-refractivity contribution in [3.8, 4) is 0 Å². The second-order valence-corrected chi connectivity index (χ2v) is 5.48. The number of hydrogen-bond acceptors (Lipinski definition) is 3. The quantitative estimate of drug-likeness (QED) is 0.781. The number of nitrogens with one attached hydrogen (secondary N) is 1. The molecule has 0 atom stereocenters. The van der Waals surface area contributed by atoms with E-state index >= 15 is 0 Å². The van der Waals surface area contributed by atoms with Crippen molar-refractivity contribution in [3.63, 3.8) is 0 Å². The zero-order valence-electron chi connectivity index (χ0n) is 11.4. The van der Waals surface area contributed by atoms with Crippen LogP contribution in [0.4, 0.5) is 0 Å². The zero-order valence-corrected chi connectivity index (χ0v) is 11.4. The van der Waals surface area contributed by atoms with Crippen molar-refractivity contribution in [2.45, 2.75) is 45.1 Å². The third-order valence-electron chi connectivity index (χ3n) is 3.80. The molecule has 0 radical (unpaired) electrons. The molecule has 5 nitrogen and oxygen atoms in total. The van der Waals surface area contributed by atoms with E-state index in [1.54, 1.807) is 13.8 Å². The molecule has 1 fully saturated rings. The molecule has 5 heteroatoms. The van der Waals surface area contributed by atoms with Crippen molar-refractivity contribution < 1.29 is 19.4 Å². The highest BCUT2D eigenvalue weighted by Crippen LogP contribution is 2.28. The van der Waals surface area contributed by atoms with Crippen LogP contribution < -0.4 is 5.32 Å². The summed E-state index contributed by atoms with van der Waals surface area (Å²) >= 11 is 0. The van der Waals surface area contributed by atoms with Gasteiger partial charge in [-0.15, -0.1) is 0 Å². The molecule has 1 saturated carbocycles. The first-order valence-corrected chi connectivity index (χ1v) is 6.43. The monoisotopic (exact) mass is 257 g/mol. The van der Waals surface area contributed by atoms with Crippen LogP contribution in [0.3, 0.4) is 0 Å². The van der Waals surface area contributed by atoms with Gasteiger partial charge in [0.2, 0.25) is 0 Å². The maximum atomic E-state index is 11.8. The lowest BCUT2D eigenvalue weighted by molar-refractivity contribution is -0.143. The Bertz CT molecular complexity index is 306. The van der Waals surface area contributed by atoms with E-state index in [4.69, 9.17) is 9.84 Å². The fourth-order valence-corrected chi connectivity index (χ4v) is 2.16. The van der Waals surface area contributed by atoms with Crippen LogP contribution in [0.2, 0.25) is 0 Å². The normalized spacial score (nSPS) is 24.6. The topological polar surface area (TPSA) is 75.6 Å². The Balaban J connectivity index is 2.30. The fourth-order valence-electron chi connectivity index (χ4n) is 2.16. The van der Waals surface area contributed by atoms with E-state index in [1.165, 1.54) is 7.11 Å². The molecule has 0 saturated heterocycles. The first kappa shape index (κ1) is 15.0. The fraction of sp³-hybridized carbons (Fsp3) is 0.846. The average molecular weight is 257 g/mol. The molecule has 18 heavy (non-hydrogen) atoms. The summed E-state index contributed by atoms with van der Waals surface area (Å²) in [7, 11) is 1.51. The number of methoxy groups -OCH3 is 1. The van der Waals surface area contributed by atoms with Crippen LogP contribution in [0.25, 0.3) is 0 Å². The largest absolute Gasteiger partial charge is 0.481 e. The molecule has 1 amide bonds. The van der Waals surface area contributed by atoms with E-state index < -0.39 is 11.6 Å². The van der Waals surface area contributed by atoms with Crippen molar-refractivity contribution in [2.24, 2.45) is 11.8 Å². The number of carbonyl (C=O) groups excluding carboxylic acids is 1. The molecular formula is C13H23NO4. The molecule has 2 N–H and O–H groups in total. The number of hydrogen-bond donors (Lipinski definition) is 2. The van der Waals surface area contributed by atoms with E-state index in [0.29, 0.717) is 25.3 Å². The van der Waals surface area contributed by atoms with Gasteiger partial charge in [-0.2, -0.15) is 0 Å². The van der Waals surface area contributed by atoms with Crippen LogP contribution in [0.1, 0.15) is 39.5 Å². The highest BCUT2D eigenvalue weighted by atomic mass is 16.5. The Labute approximate surface area is 108 Å². The summed E-state index contributed by atoms with van der Waals surface area (Å²) in [4.78, 5) is 22.6. The molecule has 0 aliphatic heterocycles. The number of rotatable bonds is 5. The van der Waals surface area contributed by atoms with Gasteiger partial charge in [0.1, 0.15) is 5.60 Å². The lowest BCUT2D eigenvalue weighted by atomic mass is 9.82. The van der Waals surface area contributed by atoms with E-state index in [0.717, 1.165) is 12.8 Å². The zero-order chi connectivity index (χ0) is 13.8. The number of carboxylic acid groups (broad SMARTS) is 1. The van der Waals surface area contributed by atoms with Crippen LogP contribution in [0.5, 0.6) is 0 Å². The molecule has 0 aromatic carbocycles. The summed E-state index contributed by atoms with van der Waals surface area (Å²) in [5.74, 6) is -0.632. The first-order valence-electron chi connectivity index (χ1n) is 6.43. The van der Waals surface area contributed by atoms with Crippen LogP contribution in [-0.4, -0.2) is 36.2 Å². The van der Waals surface area contributed by atoms with Gasteiger partial charge in [-0.1, -0.05) is 0 Å². The van der Waals surface area contributed by atoms with Gasteiger partial charge in [0, 0.05) is 13.7 Å². The third-order valence-corrected chi connectivity index (χ3v) is 3.80. The molecule has 0 bridgehead atoms. The molecule has 1 aliphatic rings. The Kier molecular flexibility index (Phi) is 5.14. The van der Waals surface area contributed by atoms with Crippen LogP contribution in [0.15, 0.2) is 0 Å². The summed E-state index contributed by atoms with van der Waals surface area (Å²) in [6.45, 7) is 4.06. The molecule has 0 aromatic rings. The van der Waals surface area contributed by atoms with Crippen molar-refractivity contribution >= 4 is 11.9 Å². The number of ether oxygens (including phenoxy) is 1. The Morgan fingerprint density at radius 2 is 1.83 bits per heavy atom. The van der Waals surface area contributed by atoms with Gasteiger partial charge >= 0.3 is 5.97 Å². The smallest absolute Gasteiger partial charge is 0.306 e. The van der Waals surface area contributed by atoms with Gasteiger partial charge in [0.15, 0.2) is 0 Å². The Morgan fingerprint density at radius 3 is 2.28 bits per heavy atom. The Morgan fingerprint density at radius 1 is 1.28 bits per heavy atom. The second-order valence-electron chi connectivity index (χ2n) is 5.48. The van der Waals surface area contributed by atoms with Gasteiger partial charge in [0.05, 0.1) is 5.92 Å². The minimum absolute atomic E-state index is 0.120. The SMILES string of the molecule is COC(C)(C)C(=O)NCC1CCC(C(=O)O)CC1. The van der Waals surface area contributed by atoms with E-state index in [2.05, 4.69) is 5.32 Å². The third kappa shape index (κ3) is 3.98. The van der Waals surface area contributed by atoms with Gasteiger partial charge < -0.3 is 15.2 Å². The van der Waals surface area contributed by atoms with Crippen molar-refractivity contribution in [1.82, 2.24) is 5.32 Å². The predicted molar refractivity (Wildman–Crippen MR) is 67.2 cm³/mol. The van der Waals surface area contributed by atoms with Gasteiger partial charge in [-0.25, -0.2) is 0 Å². The molecule has 104 valence electrons. The lowest BCUT2D eigenvalue weighted by Gasteiger charge is -2.28. The van der Waals surface area contributed by atoms with Crippen LogP contribution in [0, 0.1) is 11.8 Å². The van der Waals surface area contributed by atoms with E-state index in [-0.39, 0.29) is 11.8 Å². The summed E-state index contributed by atoms with van der Waals surface area (Å²) in [6.07, 6.45) is 3.16. The minimum atomic E-state index is -0.807. The van der Waals surface area contributed by atoms with E-state index in [1.807, 2.05) is 0 Å². The average Bonchev–Trinajstić information content (AvgIpc) is 2.36. The van der Waals surface area contributed by atoms with E-state index in [9.17, 15) is 9.59 Å². The van der Waals surface area contributed by atoms with Crippen molar-refractivity contribution in [1.29, 1.82) is 0 Å². The molecular weight excluding hydrogens is 234 g/mol. The number of carboxylic acids is 1. The van der Waals surface area contributed by atoms with Gasteiger partial charge in [0.25, 0.3) is 5.91 Å². The summed E-state index contributed by atoms with van der Waals surface area (Å²) in [6, 6.07) is 0. The maximum absolute atomic E-state index is 11.8. The molecule has 0 aromatic heterocycles. The van der Waals surface area contributed by atoms with Crippen LogP contribution >= 0.6 is 0 Å². The summed E-state index contributed by atoms with van der Waals surface area (Å²) in [5.41, 5.74) is -0.807. The summed E-state index contributed by atoms with van der Waals surface area (Å²) < 4.78 is 5.10. The second kappa shape index (κ2) is 6.18. The number of aliphatic carboxylic acids is 1. The molecule has 0 spiro atoms. The number of amides is 1. The predicted octanol–water partition coefficient (Wildman–Crippen LogP) is 1.42. The molecule has 0 unspecified atom stereocenters. The summed E-state index contributed by atoms with van der Waals surface area (Å²) in [5, 5.41) is 11.8. The van der Waals surface area contributed by atoms with Gasteiger partial charge in [-0.3, -0.25) is 9.59 Å². The maximum Gasteiger partial charge on any atom is 0.306 e. The van der Waals surface area contributed by atoms with Gasteiger partial charge in [-0.05, 0) is 45.4 Å². The number of carbonyl (C=O) groups is 2. The molecule has 1 rings (SSSR count). The van der Waals surface area contributed by atoms with Crippen LogP contribution in [-0.2, 0) is 14.3 Å². The standard InChI is InChI=1S/C13H23NO4/c1-13(2,18-3)12(17)14-8-9-4-6-10(7-5-9)11(15)16/h9-10H,4-8H2,1-3H3,(H,14,17)(H,15,16). The van der Waals surface area contributed by atoms with Crippen molar-refractivity contribution in [2.75, 3.05) is 13.7 Å². The highest BCUT2D eigenvalue weighted by molar-refractivity contribution is 5.84. The highest BCUT2D eigenvalue weighted by Gasteiger charge is 2.29. The molecule has 0 heterocycles. The van der Waals surface area contributed by atoms with Crippen molar-refractivity contribution in [3.05, 3.63) is 0 Å². The molecule has 1 aliphatic carbocycles. The minimum Gasteiger partial charge on any atom is -0.481 e. The Hall–Kier alpha value is -1.10.